The van der Waals surface area contributed by atoms with E-state index in [4.69, 9.17) is 0 Å². The molecule has 1 fully saturated rings. The third-order valence-corrected chi connectivity index (χ3v) is 3.63. The number of nitrogens with one attached hydrogen (secondary N) is 1. The molecule has 1 N–H and O–H groups in total. The summed E-state index contributed by atoms with van der Waals surface area (Å²) in [7, 11) is 2.01. The van der Waals surface area contributed by atoms with Gasteiger partial charge in [-0.15, -0.1) is 0 Å². The third-order valence-electron chi connectivity index (χ3n) is 3.63. The molecule has 3 unspecified atom stereocenters. The molecule has 1 aromatic heterocycles. The van der Waals surface area contributed by atoms with Gasteiger partial charge < -0.3 is 5.32 Å². The first kappa shape index (κ1) is 10.7. The van der Waals surface area contributed by atoms with Crippen molar-refractivity contribution in [2.24, 2.45) is 13.0 Å². The predicted octanol–water partition coefficient (Wildman–Crippen LogP) is 2.26. The molecule has 3 atom stereocenters. The normalized spacial score (nSPS) is 28.2. The van der Waals surface area contributed by atoms with Crippen molar-refractivity contribution in [3.63, 3.8) is 0 Å². The zero-order chi connectivity index (χ0) is 10.8. The zero-order valence-corrected chi connectivity index (χ0v) is 9.90. The fourth-order valence-corrected chi connectivity index (χ4v) is 2.61. The highest BCUT2D eigenvalue weighted by molar-refractivity contribution is 5.06. The Labute approximate surface area is 91.9 Å². The molecule has 0 amide bonds. The summed E-state index contributed by atoms with van der Waals surface area (Å²) in [6.45, 7) is 4.57. The summed E-state index contributed by atoms with van der Waals surface area (Å²) in [5.74, 6) is 0.820. The first-order valence-corrected chi connectivity index (χ1v) is 5.92. The van der Waals surface area contributed by atoms with Crippen LogP contribution in [0.15, 0.2) is 12.3 Å². The largest absolute Gasteiger partial charge is 0.306 e. The topological polar surface area (TPSA) is 29.9 Å². The molecule has 84 valence electrons. The summed E-state index contributed by atoms with van der Waals surface area (Å²) in [5.41, 5.74) is 1.27. The van der Waals surface area contributed by atoms with Crippen LogP contribution in [0.1, 0.15) is 44.8 Å². The summed E-state index contributed by atoms with van der Waals surface area (Å²) < 4.78 is 1.96. The van der Waals surface area contributed by atoms with Gasteiger partial charge in [0.1, 0.15) is 0 Å². The average Bonchev–Trinajstić information content (AvgIpc) is 2.76. The Bertz CT molecular complexity index is 318. The van der Waals surface area contributed by atoms with E-state index in [1.807, 2.05) is 17.9 Å². The SMILES string of the molecule is CC(NC1CCCC1C)c1ccnn1C. The minimum Gasteiger partial charge on any atom is -0.306 e. The minimum absolute atomic E-state index is 0.406. The molecule has 0 spiro atoms. The van der Waals surface area contributed by atoms with E-state index < -0.39 is 0 Å². The Morgan fingerprint density at radius 2 is 2.33 bits per heavy atom. The van der Waals surface area contributed by atoms with Gasteiger partial charge in [-0.25, -0.2) is 0 Å². The van der Waals surface area contributed by atoms with Gasteiger partial charge in [-0.1, -0.05) is 13.3 Å². The van der Waals surface area contributed by atoms with Crippen LogP contribution in [0.5, 0.6) is 0 Å². The highest BCUT2D eigenvalue weighted by Gasteiger charge is 2.25. The Balaban J connectivity index is 1.97. The highest BCUT2D eigenvalue weighted by atomic mass is 15.3. The van der Waals surface area contributed by atoms with Gasteiger partial charge in [-0.2, -0.15) is 5.10 Å². The van der Waals surface area contributed by atoms with E-state index in [9.17, 15) is 0 Å². The second-order valence-corrected chi connectivity index (χ2v) is 4.78. The summed E-state index contributed by atoms with van der Waals surface area (Å²) >= 11 is 0. The summed E-state index contributed by atoms with van der Waals surface area (Å²) in [6.07, 6.45) is 5.93. The van der Waals surface area contributed by atoms with E-state index in [1.165, 1.54) is 25.0 Å². The van der Waals surface area contributed by atoms with E-state index in [0.717, 1.165) is 5.92 Å². The molecule has 1 aliphatic carbocycles. The quantitative estimate of drug-likeness (QED) is 0.824. The van der Waals surface area contributed by atoms with Gasteiger partial charge in [0.25, 0.3) is 0 Å². The van der Waals surface area contributed by atoms with E-state index in [0.29, 0.717) is 12.1 Å². The van der Waals surface area contributed by atoms with Crippen molar-refractivity contribution in [1.82, 2.24) is 15.1 Å². The van der Waals surface area contributed by atoms with Crippen LogP contribution in [0.2, 0.25) is 0 Å². The maximum Gasteiger partial charge on any atom is 0.0547 e. The van der Waals surface area contributed by atoms with Gasteiger partial charge in [0.05, 0.1) is 5.69 Å². The van der Waals surface area contributed by atoms with Gasteiger partial charge in [0.15, 0.2) is 0 Å². The minimum atomic E-state index is 0.406. The summed E-state index contributed by atoms with van der Waals surface area (Å²) in [5, 5.41) is 7.92. The average molecular weight is 207 g/mol. The van der Waals surface area contributed by atoms with Crippen LogP contribution in [0.4, 0.5) is 0 Å². The first-order chi connectivity index (χ1) is 7.18. The lowest BCUT2D eigenvalue weighted by Crippen LogP contribution is -2.34. The van der Waals surface area contributed by atoms with Crippen molar-refractivity contribution in [3.8, 4) is 0 Å². The monoisotopic (exact) mass is 207 g/mol. The molecule has 3 nitrogen and oxygen atoms in total. The Kier molecular flexibility index (Phi) is 3.10. The standard InChI is InChI=1S/C12H21N3/c1-9-5-4-6-11(9)14-10(2)12-7-8-13-15(12)3/h7-11,14H,4-6H2,1-3H3. The number of nitrogens with zero attached hydrogens (tertiary/aromatic N) is 2. The number of hydrogen-bond donors (Lipinski definition) is 1. The third kappa shape index (κ3) is 2.23. The number of hydrogen-bond acceptors (Lipinski definition) is 2. The molecule has 1 aromatic rings. The smallest absolute Gasteiger partial charge is 0.0547 e. The van der Waals surface area contributed by atoms with Crippen molar-refractivity contribution in [2.75, 3.05) is 0 Å². The first-order valence-electron chi connectivity index (χ1n) is 5.92. The lowest BCUT2D eigenvalue weighted by atomic mass is 10.0. The number of rotatable bonds is 3. The van der Waals surface area contributed by atoms with Gasteiger partial charge >= 0.3 is 0 Å². The predicted molar refractivity (Wildman–Crippen MR) is 61.6 cm³/mol. The summed E-state index contributed by atoms with van der Waals surface area (Å²) in [4.78, 5) is 0. The van der Waals surface area contributed by atoms with E-state index in [-0.39, 0.29) is 0 Å². The molecule has 1 heterocycles. The Hall–Kier alpha value is -0.830. The van der Waals surface area contributed by atoms with Crippen LogP contribution < -0.4 is 5.32 Å². The molecule has 0 saturated heterocycles. The van der Waals surface area contributed by atoms with Crippen LogP contribution in [0, 0.1) is 5.92 Å². The van der Waals surface area contributed by atoms with Gasteiger partial charge in [-0.3, -0.25) is 4.68 Å². The number of aryl methyl sites for hydroxylation is 1. The van der Waals surface area contributed by atoms with Crippen LogP contribution in [-0.4, -0.2) is 15.8 Å². The van der Waals surface area contributed by atoms with E-state index in [1.54, 1.807) is 0 Å². The lowest BCUT2D eigenvalue weighted by Gasteiger charge is -2.22. The van der Waals surface area contributed by atoms with Crippen LogP contribution in [0.25, 0.3) is 0 Å². The molecule has 0 aliphatic heterocycles. The maximum absolute atomic E-state index is 4.21. The Morgan fingerprint density at radius 1 is 1.53 bits per heavy atom. The molecule has 0 radical (unpaired) electrons. The molecular formula is C12H21N3. The van der Waals surface area contributed by atoms with Crippen molar-refractivity contribution < 1.29 is 0 Å². The molecular weight excluding hydrogens is 186 g/mol. The fourth-order valence-electron chi connectivity index (χ4n) is 2.61. The van der Waals surface area contributed by atoms with Crippen LogP contribution >= 0.6 is 0 Å². The summed E-state index contributed by atoms with van der Waals surface area (Å²) in [6, 6.07) is 3.19. The van der Waals surface area contributed by atoms with E-state index in [2.05, 4.69) is 30.3 Å². The second-order valence-electron chi connectivity index (χ2n) is 4.78. The lowest BCUT2D eigenvalue weighted by molar-refractivity contribution is 0.378. The van der Waals surface area contributed by atoms with Crippen molar-refractivity contribution >= 4 is 0 Å². The van der Waals surface area contributed by atoms with Crippen molar-refractivity contribution in [2.45, 2.75) is 45.2 Å². The Morgan fingerprint density at radius 3 is 2.87 bits per heavy atom. The van der Waals surface area contributed by atoms with Crippen LogP contribution in [-0.2, 0) is 7.05 Å². The van der Waals surface area contributed by atoms with Gasteiger partial charge in [0, 0.05) is 25.3 Å². The molecule has 0 aromatic carbocycles. The zero-order valence-electron chi connectivity index (χ0n) is 9.90. The molecule has 1 saturated carbocycles. The van der Waals surface area contributed by atoms with E-state index >= 15 is 0 Å². The van der Waals surface area contributed by atoms with Gasteiger partial charge in [0.2, 0.25) is 0 Å². The molecule has 3 heteroatoms. The highest BCUT2D eigenvalue weighted by Crippen LogP contribution is 2.27. The molecule has 2 rings (SSSR count). The van der Waals surface area contributed by atoms with Crippen LogP contribution in [0.3, 0.4) is 0 Å². The van der Waals surface area contributed by atoms with Gasteiger partial charge in [-0.05, 0) is 31.7 Å². The van der Waals surface area contributed by atoms with Crippen molar-refractivity contribution in [3.05, 3.63) is 18.0 Å². The maximum atomic E-state index is 4.21. The molecule has 0 bridgehead atoms. The second kappa shape index (κ2) is 4.35. The van der Waals surface area contributed by atoms with Crippen molar-refractivity contribution in [1.29, 1.82) is 0 Å². The fraction of sp³-hybridized carbons (Fsp3) is 0.750. The molecule has 15 heavy (non-hydrogen) atoms. The molecule has 1 aliphatic rings. The number of aromatic nitrogens is 2.